The summed E-state index contributed by atoms with van der Waals surface area (Å²) in [6.07, 6.45) is 1.51. The summed E-state index contributed by atoms with van der Waals surface area (Å²) in [7, 11) is 0. The lowest BCUT2D eigenvalue weighted by Crippen LogP contribution is -2.29. The third kappa shape index (κ3) is 3.21. The molecule has 2 heterocycles. The minimum Gasteiger partial charge on any atom is -0.507 e. The van der Waals surface area contributed by atoms with Crippen molar-refractivity contribution in [1.82, 2.24) is 4.90 Å². The first-order valence-electron chi connectivity index (χ1n) is 8.68. The largest absolute Gasteiger partial charge is 0.507 e. The summed E-state index contributed by atoms with van der Waals surface area (Å²) < 4.78 is 5.36. The van der Waals surface area contributed by atoms with E-state index in [0.717, 1.165) is 5.56 Å². The Kier molecular flexibility index (Phi) is 4.75. The molecule has 1 fully saturated rings. The maximum absolute atomic E-state index is 12.8. The van der Waals surface area contributed by atoms with Crippen LogP contribution in [-0.2, 0) is 16.1 Å². The predicted octanol–water partition coefficient (Wildman–Crippen LogP) is 4.55. The molecule has 0 unspecified atom stereocenters. The molecule has 1 atom stereocenters. The molecule has 0 saturated carbocycles. The van der Waals surface area contributed by atoms with Crippen molar-refractivity contribution in [2.75, 3.05) is 0 Å². The third-order valence-corrected chi connectivity index (χ3v) is 4.93. The van der Waals surface area contributed by atoms with E-state index < -0.39 is 17.7 Å². The Labute approximate surface area is 166 Å². The molecule has 6 heteroatoms. The standard InChI is InChI=1S/C22H16ClNO4/c23-16-10-8-15(9-11-16)20(25)18-19(14-5-2-1-3-6-14)24(22(27)21(18)26)13-17-7-4-12-28-17/h1-12,19,25H,13H2/b20-18+/t19-/m0/s1. The van der Waals surface area contributed by atoms with Crippen LogP contribution in [0.3, 0.4) is 0 Å². The van der Waals surface area contributed by atoms with Gasteiger partial charge in [-0.25, -0.2) is 0 Å². The van der Waals surface area contributed by atoms with E-state index in [0.29, 0.717) is 16.3 Å². The highest BCUT2D eigenvalue weighted by Crippen LogP contribution is 2.40. The van der Waals surface area contributed by atoms with Gasteiger partial charge in [0.1, 0.15) is 11.5 Å². The summed E-state index contributed by atoms with van der Waals surface area (Å²) in [5, 5.41) is 11.4. The monoisotopic (exact) mass is 393 g/mol. The summed E-state index contributed by atoms with van der Waals surface area (Å²) in [5.74, 6) is -1.09. The Bertz CT molecular complexity index is 1040. The summed E-state index contributed by atoms with van der Waals surface area (Å²) in [5.41, 5.74) is 1.19. The van der Waals surface area contributed by atoms with Crippen molar-refractivity contribution < 1.29 is 19.1 Å². The van der Waals surface area contributed by atoms with Crippen molar-refractivity contribution in [2.45, 2.75) is 12.6 Å². The fourth-order valence-corrected chi connectivity index (χ4v) is 3.48. The molecule has 1 amide bonds. The molecule has 1 aliphatic heterocycles. The highest BCUT2D eigenvalue weighted by molar-refractivity contribution is 6.46. The van der Waals surface area contributed by atoms with E-state index in [9.17, 15) is 14.7 Å². The molecular weight excluding hydrogens is 378 g/mol. The van der Waals surface area contributed by atoms with E-state index in [1.54, 1.807) is 36.4 Å². The molecule has 1 aromatic heterocycles. The molecule has 4 rings (SSSR count). The summed E-state index contributed by atoms with van der Waals surface area (Å²) in [4.78, 5) is 27.0. The van der Waals surface area contributed by atoms with Gasteiger partial charge in [-0.2, -0.15) is 0 Å². The molecule has 28 heavy (non-hydrogen) atoms. The number of carbonyl (C=O) groups is 2. The molecule has 0 spiro atoms. The van der Waals surface area contributed by atoms with Crippen LogP contribution in [0.2, 0.25) is 5.02 Å². The van der Waals surface area contributed by atoms with Gasteiger partial charge in [0.15, 0.2) is 0 Å². The second kappa shape index (κ2) is 7.37. The van der Waals surface area contributed by atoms with Gasteiger partial charge in [-0.05, 0) is 42.0 Å². The molecule has 3 aromatic rings. The second-order valence-corrected chi connectivity index (χ2v) is 6.86. The van der Waals surface area contributed by atoms with Crippen LogP contribution in [0.15, 0.2) is 83.0 Å². The Balaban J connectivity index is 1.85. The number of aliphatic hydroxyl groups is 1. The number of amides is 1. The molecule has 0 bridgehead atoms. The Morgan fingerprint density at radius 2 is 1.71 bits per heavy atom. The molecule has 0 aliphatic carbocycles. The van der Waals surface area contributed by atoms with Crippen molar-refractivity contribution in [2.24, 2.45) is 0 Å². The van der Waals surface area contributed by atoms with E-state index in [4.69, 9.17) is 16.0 Å². The first-order chi connectivity index (χ1) is 13.6. The number of likely N-dealkylation sites (tertiary alicyclic amines) is 1. The molecule has 2 aromatic carbocycles. The smallest absolute Gasteiger partial charge is 0.296 e. The number of hydrogen-bond acceptors (Lipinski definition) is 4. The van der Waals surface area contributed by atoms with E-state index >= 15 is 0 Å². The van der Waals surface area contributed by atoms with Gasteiger partial charge in [-0.3, -0.25) is 9.59 Å². The number of carbonyl (C=O) groups excluding carboxylic acids is 2. The van der Waals surface area contributed by atoms with Crippen LogP contribution in [-0.4, -0.2) is 21.7 Å². The van der Waals surface area contributed by atoms with E-state index in [1.807, 2.05) is 30.3 Å². The minimum atomic E-state index is -0.729. The van der Waals surface area contributed by atoms with Crippen molar-refractivity contribution in [3.63, 3.8) is 0 Å². The van der Waals surface area contributed by atoms with Crippen LogP contribution in [0.4, 0.5) is 0 Å². The molecule has 1 aliphatic rings. The fourth-order valence-electron chi connectivity index (χ4n) is 3.36. The molecule has 1 saturated heterocycles. The van der Waals surface area contributed by atoms with E-state index in [1.165, 1.54) is 11.2 Å². The Morgan fingerprint density at radius 1 is 1.00 bits per heavy atom. The van der Waals surface area contributed by atoms with Crippen molar-refractivity contribution in [1.29, 1.82) is 0 Å². The Hall–Kier alpha value is -3.31. The molecule has 0 radical (unpaired) electrons. The SMILES string of the molecule is O=C1C(=O)N(Cc2ccco2)[C@@H](c2ccccc2)/C1=C(\O)c1ccc(Cl)cc1. The zero-order valence-corrected chi connectivity index (χ0v) is 15.5. The lowest BCUT2D eigenvalue weighted by Gasteiger charge is -2.24. The van der Waals surface area contributed by atoms with Crippen LogP contribution in [0, 0.1) is 0 Å². The van der Waals surface area contributed by atoms with Gasteiger partial charge in [-0.15, -0.1) is 0 Å². The van der Waals surface area contributed by atoms with Crippen LogP contribution < -0.4 is 0 Å². The normalized spacial score (nSPS) is 18.6. The predicted molar refractivity (Wildman–Crippen MR) is 104 cm³/mol. The van der Waals surface area contributed by atoms with Crippen LogP contribution in [0.5, 0.6) is 0 Å². The van der Waals surface area contributed by atoms with Crippen molar-refractivity contribution >= 4 is 29.1 Å². The molecule has 1 N–H and O–H groups in total. The van der Waals surface area contributed by atoms with Gasteiger partial charge in [-0.1, -0.05) is 41.9 Å². The van der Waals surface area contributed by atoms with Gasteiger partial charge >= 0.3 is 0 Å². The number of hydrogen-bond donors (Lipinski definition) is 1. The van der Waals surface area contributed by atoms with Gasteiger partial charge in [0.2, 0.25) is 0 Å². The summed E-state index contributed by atoms with van der Waals surface area (Å²) >= 11 is 5.92. The number of rotatable bonds is 4. The number of halogens is 1. The summed E-state index contributed by atoms with van der Waals surface area (Å²) in [6, 6.07) is 18.3. The molecule has 5 nitrogen and oxygen atoms in total. The Morgan fingerprint density at radius 3 is 2.36 bits per heavy atom. The lowest BCUT2D eigenvalue weighted by atomic mass is 9.95. The average molecular weight is 394 g/mol. The quantitative estimate of drug-likeness (QED) is 0.401. The second-order valence-electron chi connectivity index (χ2n) is 6.42. The van der Waals surface area contributed by atoms with Crippen LogP contribution in [0.1, 0.15) is 22.9 Å². The van der Waals surface area contributed by atoms with Crippen LogP contribution >= 0.6 is 11.6 Å². The zero-order chi connectivity index (χ0) is 19.7. The lowest BCUT2D eigenvalue weighted by molar-refractivity contribution is -0.140. The number of benzene rings is 2. The summed E-state index contributed by atoms with van der Waals surface area (Å²) in [6.45, 7) is 0.120. The average Bonchev–Trinajstić information content (AvgIpc) is 3.31. The first-order valence-corrected chi connectivity index (χ1v) is 9.05. The van der Waals surface area contributed by atoms with E-state index in [2.05, 4.69) is 0 Å². The van der Waals surface area contributed by atoms with Gasteiger partial charge in [0.25, 0.3) is 11.7 Å². The fraction of sp³-hybridized carbons (Fsp3) is 0.0909. The number of furan rings is 1. The number of ketones is 1. The molecule has 140 valence electrons. The van der Waals surface area contributed by atoms with Gasteiger partial charge < -0.3 is 14.4 Å². The van der Waals surface area contributed by atoms with Crippen molar-refractivity contribution in [3.05, 3.63) is 100 Å². The number of aliphatic hydroxyl groups excluding tert-OH is 1. The van der Waals surface area contributed by atoms with Crippen molar-refractivity contribution in [3.8, 4) is 0 Å². The zero-order valence-electron chi connectivity index (χ0n) is 14.7. The van der Waals surface area contributed by atoms with Gasteiger partial charge in [0.05, 0.1) is 24.4 Å². The molecular formula is C22H16ClNO4. The maximum atomic E-state index is 12.8. The first kappa shape index (κ1) is 18.1. The number of Topliss-reactive ketones (excluding diaryl/α,β-unsaturated/α-hetero) is 1. The van der Waals surface area contributed by atoms with E-state index in [-0.39, 0.29) is 17.9 Å². The maximum Gasteiger partial charge on any atom is 0.296 e. The van der Waals surface area contributed by atoms with Crippen LogP contribution in [0.25, 0.3) is 5.76 Å². The van der Waals surface area contributed by atoms with Gasteiger partial charge in [0, 0.05) is 10.6 Å². The highest BCUT2D eigenvalue weighted by atomic mass is 35.5. The number of nitrogens with zero attached hydrogens (tertiary/aromatic N) is 1. The minimum absolute atomic E-state index is 0.0464. The topological polar surface area (TPSA) is 70.8 Å². The third-order valence-electron chi connectivity index (χ3n) is 4.68. The highest BCUT2D eigenvalue weighted by Gasteiger charge is 2.46.